The Balaban J connectivity index is 1.89. The van der Waals surface area contributed by atoms with Crippen molar-refractivity contribution in [3.63, 3.8) is 0 Å². The van der Waals surface area contributed by atoms with Crippen molar-refractivity contribution in [3.8, 4) is 5.75 Å². The zero-order valence-corrected chi connectivity index (χ0v) is 17.4. The molecule has 1 fully saturated rings. The molecule has 0 N–H and O–H groups in total. The molecule has 2 amide bonds. The molecule has 29 heavy (non-hydrogen) atoms. The van der Waals surface area contributed by atoms with Gasteiger partial charge in [-0.15, -0.1) is 0 Å². The molecule has 7 nitrogen and oxygen atoms in total. The lowest BCUT2D eigenvalue weighted by Crippen LogP contribution is -2.27. The highest BCUT2D eigenvalue weighted by atomic mass is 79.9. The number of nitro benzene ring substituents is 1. The molecule has 148 valence electrons. The highest BCUT2D eigenvalue weighted by Crippen LogP contribution is 2.36. The molecule has 1 aliphatic rings. The van der Waals surface area contributed by atoms with Crippen LogP contribution in [0.2, 0.25) is 0 Å². The first-order valence-electron chi connectivity index (χ1n) is 8.41. The minimum Gasteiger partial charge on any atom is -0.489 e. The average molecular weight is 475 g/mol. The summed E-state index contributed by atoms with van der Waals surface area (Å²) in [5.74, 6) is 0.0337. The number of hydrogen-bond donors (Lipinski definition) is 0. The number of imide groups is 1. The van der Waals surface area contributed by atoms with Gasteiger partial charge < -0.3 is 4.74 Å². The molecule has 1 saturated heterocycles. The summed E-state index contributed by atoms with van der Waals surface area (Å²) in [6.07, 6.45) is 3.18. The number of carbonyl (C=O) groups excluding carboxylic acids is 2. The van der Waals surface area contributed by atoms with E-state index in [2.05, 4.69) is 22.5 Å². The summed E-state index contributed by atoms with van der Waals surface area (Å²) >= 11 is 4.17. The van der Waals surface area contributed by atoms with Crippen molar-refractivity contribution in [1.82, 2.24) is 4.90 Å². The normalized spacial score (nSPS) is 15.1. The number of halogens is 1. The second kappa shape index (κ2) is 9.06. The van der Waals surface area contributed by atoms with Crippen LogP contribution in [0.5, 0.6) is 5.75 Å². The maximum atomic E-state index is 12.8. The fourth-order valence-electron chi connectivity index (χ4n) is 2.68. The van der Waals surface area contributed by atoms with E-state index >= 15 is 0 Å². The van der Waals surface area contributed by atoms with Crippen LogP contribution in [-0.4, -0.2) is 27.6 Å². The van der Waals surface area contributed by atoms with Crippen molar-refractivity contribution in [2.45, 2.75) is 6.54 Å². The topological polar surface area (TPSA) is 89.8 Å². The predicted octanol–water partition coefficient (Wildman–Crippen LogP) is 5.16. The summed E-state index contributed by atoms with van der Waals surface area (Å²) in [4.78, 5) is 37.1. The molecule has 0 unspecified atom stereocenters. The number of hydrogen-bond acceptors (Lipinski definition) is 6. The maximum absolute atomic E-state index is 12.8. The van der Waals surface area contributed by atoms with E-state index in [0.29, 0.717) is 23.5 Å². The maximum Gasteiger partial charge on any atom is 0.293 e. The Morgan fingerprint density at radius 1 is 1.24 bits per heavy atom. The highest BCUT2D eigenvalue weighted by Gasteiger charge is 2.36. The Morgan fingerprint density at radius 3 is 2.72 bits per heavy atom. The lowest BCUT2D eigenvalue weighted by molar-refractivity contribution is -0.385. The van der Waals surface area contributed by atoms with Crippen LogP contribution in [-0.2, 0) is 11.3 Å². The van der Waals surface area contributed by atoms with Gasteiger partial charge in [0, 0.05) is 21.7 Å². The van der Waals surface area contributed by atoms with Gasteiger partial charge in [-0.3, -0.25) is 24.6 Å². The van der Waals surface area contributed by atoms with E-state index in [1.807, 2.05) is 0 Å². The molecule has 1 heterocycles. The number of ether oxygens (including phenoxy) is 1. The molecule has 0 bridgehead atoms. The fraction of sp³-hybridized carbons (Fsp3) is 0.100. The van der Waals surface area contributed by atoms with Gasteiger partial charge in [-0.25, -0.2) is 0 Å². The smallest absolute Gasteiger partial charge is 0.293 e. The number of carbonyl (C=O) groups is 2. The molecule has 2 aromatic carbocycles. The van der Waals surface area contributed by atoms with Gasteiger partial charge in [-0.05, 0) is 36.0 Å². The third-order valence-electron chi connectivity index (χ3n) is 4.01. The van der Waals surface area contributed by atoms with E-state index in [1.54, 1.807) is 36.4 Å². The van der Waals surface area contributed by atoms with E-state index < -0.39 is 16.1 Å². The highest BCUT2D eigenvalue weighted by molar-refractivity contribution is 9.10. The standard InChI is InChI=1S/C20H15BrN2O5S/c1-2-9-28-17-8-7-15(21)10-14(17)11-18-19(24)22(20(25)29-18)12-13-5-3-4-6-16(13)23(26)27/h2-8,10-11H,1,9,12H2/b18-11-. The van der Waals surface area contributed by atoms with Crippen LogP contribution in [0, 0.1) is 10.1 Å². The third kappa shape index (κ3) is 4.75. The Kier molecular flexibility index (Phi) is 6.50. The van der Waals surface area contributed by atoms with Crippen molar-refractivity contribution < 1.29 is 19.2 Å². The zero-order chi connectivity index (χ0) is 21.0. The number of benzene rings is 2. The fourth-order valence-corrected chi connectivity index (χ4v) is 3.89. The lowest BCUT2D eigenvalue weighted by Gasteiger charge is -2.12. The summed E-state index contributed by atoms with van der Waals surface area (Å²) in [6, 6.07) is 11.4. The zero-order valence-electron chi connectivity index (χ0n) is 15.0. The molecule has 0 radical (unpaired) electrons. The molecule has 0 aromatic heterocycles. The van der Waals surface area contributed by atoms with Crippen molar-refractivity contribution in [3.05, 3.63) is 85.7 Å². The van der Waals surface area contributed by atoms with E-state index in [1.165, 1.54) is 18.2 Å². The SMILES string of the molecule is C=CCOc1ccc(Br)cc1/C=C1\SC(=O)N(Cc2ccccc2[N+](=O)[O-])C1=O. The first-order chi connectivity index (χ1) is 13.9. The minimum absolute atomic E-state index is 0.136. The number of nitro groups is 1. The van der Waals surface area contributed by atoms with E-state index in [0.717, 1.165) is 21.1 Å². The van der Waals surface area contributed by atoms with E-state index in [9.17, 15) is 19.7 Å². The summed E-state index contributed by atoms with van der Waals surface area (Å²) < 4.78 is 6.39. The van der Waals surface area contributed by atoms with Gasteiger partial charge in [0.2, 0.25) is 0 Å². The first-order valence-corrected chi connectivity index (χ1v) is 10.0. The number of thioether (sulfide) groups is 1. The Morgan fingerprint density at radius 2 is 2.00 bits per heavy atom. The van der Waals surface area contributed by atoms with Gasteiger partial charge >= 0.3 is 0 Å². The minimum atomic E-state index is -0.533. The first kappa shape index (κ1) is 20.8. The van der Waals surface area contributed by atoms with Crippen LogP contribution in [0.4, 0.5) is 10.5 Å². The summed E-state index contributed by atoms with van der Waals surface area (Å²) in [5.41, 5.74) is 0.776. The summed E-state index contributed by atoms with van der Waals surface area (Å²) in [6.45, 7) is 3.73. The molecular weight excluding hydrogens is 460 g/mol. The Bertz CT molecular complexity index is 1040. The van der Waals surface area contributed by atoms with Crippen LogP contribution in [0.1, 0.15) is 11.1 Å². The largest absolute Gasteiger partial charge is 0.489 e. The second-order valence-corrected chi connectivity index (χ2v) is 7.84. The molecule has 2 aromatic rings. The second-order valence-electron chi connectivity index (χ2n) is 5.94. The Labute approximate surface area is 179 Å². The van der Waals surface area contributed by atoms with Gasteiger partial charge in [-0.2, -0.15) is 0 Å². The molecule has 1 aliphatic heterocycles. The number of rotatable bonds is 7. The van der Waals surface area contributed by atoms with Gasteiger partial charge in [0.1, 0.15) is 12.4 Å². The van der Waals surface area contributed by atoms with Crippen LogP contribution in [0.3, 0.4) is 0 Å². The Hall–Kier alpha value is -2.91. The van der Waals surface area contributed by atoms with Crippen LogP contribution in [0.25, 0.3) is 6.08 Å². The number of para-hydroxylation sites is 1. The van der Waals surface area contributed by atoms with Crippen molar-refractivity contribution in [2.24, 2.45) is 0 Å². The van der Waals surface area contributed by atoms with Gasteiger partial charge in [-0.1, -0.05) is 46.8 Å². The van der Waals surface area contributed by atoms with E-state index in [-0.39, 0.29) is 17.1 Å². The third-order valence-corrected chi connectivity index (χ3v) is 5.41. The van der Waals surface area contributed by atoms with E-state index in [4.69, 9.17) is 4.74 Å². The quantitative estimate of drug-likeness (QED) is 0.238. The monoisotopic (exact) mass is 474 g/mol. The van der Waals surface area contributed by atoms with Crippen LogP contribution in [0.15, 0.2) is 64.5 Å². The van der Waals surface area contributed by atoms with Crippen molar-refractivity contribution in [1.29, 1.82) is 0 Å². The molecule has 0 atom stereocenters. The molecule has 0 spiro atoms. The van der Waals surface area contributed by atoms with Gasteiger partial charge in [0.25, 0.3) is 16.8 Å². The number of nitrogens with zero attached hydrogens (tertiary/aromatic N) is 2. The van der Waals surface area contributed by atoms with Crippen LogP contribution >= 0.6 is 27.7 Å². The molecule has 9 heteroatoms. The van der Waals surface area contributed by atoms with Gasteiger partial charge in [0.05, 0.1) is 16.4 Å². The molecule has 0 aliphatic carbocycles. The summed E-state index contributed by atoms with van der Waals surface area (Å²) in [7, 11) is 0. The lowest BCUT2D eigenvalue weighted by atomic mass is 10.1. The van der Waals surface area contributed by atoms with Gasteiger partial charge in [0.15, 0.2) is 0 Å². The van der Waals surface area contributed by atoms with Crippen LogP contribution < -0.4 is 4.74 Å². The molecule has 3 rings (SSSR count). The average Bonchev–Trinajstić information content (AvgIpc) is 2.95. The number of amides is 2. The molecule has 0 saturated carbocycles. The summed E-state index contributed by atoms with van der Waals surface area (Å²) in [5, 5.41) is 10.7. The molecular formula is C20H15BrN2O5S. The predicted molar refractivity (Wildman–Crippen MR) is 114 cm³/mol. The van der Waals surface area contributed by atoms with Crippen molar-refractivity contribution in [2.75, 3.05) is 6.61 Å². The van der Waals surface area contributed by atoms with Crippen molar-refractivity contribution >= 4 is 50.6 Å².